The van der Waals surface area contributed by atoms with Gasteiger partial charge in [0, 0.05) is 10.6 Å². The van der Waals surface area contributed by atoms with Crippen LogP contribution in [0.3, 0.4) is 0 Å². The largest absolute Gasteiger partial charge is 0.389 e. The maximum atomic E-state index is 12.3. The van der Waals surface area contributed by atoms with Crippen LogP contribution in [-0.2, 0) is 6.42 Å². The second kappa shape index (κ2) is 6.93. The van der Waals surface area contributed by atoms with Crippen LogP contribution in [0.2, 0.25) is 5.02 Å². The molecule has 3 N–H and O–H groups in total. The van der Waals surface area contributed by atoms with Gasteiger partial charge in [0.25, 0.3) is 5.91 Å². The lowest BCUT2D eigenvalue weighted by atomic mass is 10.1. The Labute approximate surface area is 136 Å². The number of aryl methyl sites for hydroxylation is 1. The zero-order valence-corrected chi connectivity index (χ0v) is 13.6. The van der Waals surface area contributed by atoms with Crippen LogP contribution in [0.15, 0.2) is 18.2 Å². The Kier molecular flexibility index (Phi) is 5.22. The number of nitrogens with one attached hydrogen (secondary N) is 1. The van der Waals surface area contributed by atoms with E-state index < -0.39 is 0 Å². The third kappa shape index (κ3) is 3.75. The Morgan fingerprint density at radius 1 is 1.52 bits per heavy atom. The number of nitrogens with two attached hydrogens (primary N) is 1. The molecule has 0 spiro atoms. The molecular weight excluding hydrogens is 328 g/mol. The number of benzene rings is 1. The van der Waals surface area contributed by atoms with E-state index in [1.165, 1.54) is 0 Å². The number of halogens is 1. The first kappa shape index (κ1) is 15.8. The van der Waals surface area contributed by atoms with Crippen molar-refractivity contribution >= 4 is 51.9 Å². The van der Waals surface area contributed by atoms with Crippen LogP contribution in [0.1, 0.15) is 34.3 Å². The number of hydrogen-bond acceptors (Lipinski definition) is 5. The lowest BCUT2D eigenvalue weighted by molar-refractivity contribution is 0.102. The average molecular weight is 341 g/mol. The lowest BCUT2D eigenvalue weighted by Crippen LogP contribution is -2.18. The first-order valence-electron chi connectivity index (χ1n) is 6.24. The topological polar surface area (TPSA) is 80.9 Å². The van der Waals surface area contributed by atoms with Gasteiger partial charge in [0.1, 0.15) is 9.87 Å². The predicted molar refractivity (Wildman–Crippen MR) is 89.2 cm³/mol. The predicted octanol–water partition coefficient (Wildman–Crippen LogP) is 3.03. The number of nitrogens with zero attached hydrogens (tertiary/aromatic N) is 2. The van der Waals surface area contributed by atoms with Crippen LogP contribution in [-0.4, -0.2) is 20.5 Å². The summed E-state index contributed by atoms with van der Waals surface area (Å²) in [6, 6.07) is 4.96. The standard InChI is InChI=1S/C13H13ClN4OS2/c1-2-3-9-11(21-18-17-9)13(19)16-10-6-7(14)4-5-8(10)12(15)20/h4-6H,2-3H2,1H3,(H2,15,20)(H,16,19). The summed E-state index contributed by atoms with van der Waals surface area (Å²) in [6.07, 6.45) is 1.60. The Morgan fingerprint density at radius 2 is 2.29 bits per heavy atom. The Hall–Kier alpha value is -1.57. The number of thiocarbonyl (C=S) groups is 1. The monoisotopic (exact) mass is 340 g/mol. The first-order chi connectivity index (χ1) is 10.0. The molecule has 1 amide bonds. The Morgan fingerprint density at radius 3 is 2.95 bits per heavy atom. The second-order valence-corrected chi connectivity index (χ2v) is 5.94. The van der Waals surface area contributed by atoms with E-state index in [9.17, 15) is 4.79 Å². The molecule has 0 saturated heterocycles. The van der Waals surface area contributed by atoms with E-state index in [0.717, 1.165) is 18.0 Å². The van der Waals surface area contributed by atoms with Gasteiger partial charge in [-0.3, -0.25) is 4.79 Å². The molecule has 1 heterocycles. The fourth-order valence-corrected chi connectivity index (χ4v) is 2.75. The van der Waals surface area contributed by atoms with Crippen LogP contribution in [0.4, 0.5) is 5.69 Å². The third-order valence-corrected chi connectivity index (χ3v) is 3.97. The summed E-state index contributed by atoms with van der Waals surface area (Å²) in [7, 11) is 0. The molecule has 2 rings (SSSR count). The van der Waals surface area contributed by atoms with E-state index in [1.807, 2.05) is 6.92 Å². The molecule has 0 unspecified atom stereocenters. The van der Waals surface area contributed by atoms with Crippen LogP contribution >= 0.6 is 35.4 Å². The molecule has 0 aliphatic rings. The van der Waals surface area contributed by atoms with Crippen molar-refractivity contribution in [2.75, 3.05) is 5.32 Å². The van der Waals surface area contributed by atoms with Gasteiger partial charge < -0.3 is 11.1 Å². The normalized spacial score (nSPS) is 10.4. The zero-order chi connectivity index (χ0) is 15.4. The summed E-state index contributed by atoms with van der Waals surface area (Å²) in [4.78, 5) is 13.0. The molecule has 21 heavy (non-hydrogen) atoms. The van der Waals surface area contributed by atoms with Gasteiger partial charge in [-0.2, -0.15) is 0 Å². The molecule has 0 radical (unpaired) electrons. The van der Waals surface area contributed by atoms with Crippen molar-refractivity contribution in [1.82, 2.24) is 9.59 Å². The Balaban J connectivity index is 2.29. The first-order valence-corrected chi connectivity index (χ1v) is 7.80. The fourth-order valence-electron chi connectivity index (χ4n) is 1.80. The van der Waals surface area contributed by atoms with Gasteiger partial charge in [0.15, 0.2) is 0 Å². The molecule has 5 nitrogen and oxygen atoms in total. The zero-order valence-electron chi connectivity index (χ0n) is 11.2. The quantitative estimate of drug-likeness (QED) is 0.818. The highest BCUT2D eigenvalue weighted by atomic mass is 35.5. The van der Waals surface area contributed by atoms with E-state index in [1.54, 1.807) is 18.2 Å². The average Bonchev–Trinajstić information content (AvgIpc) is 2.87. The summed E-state index contributed by atoms with van der Waals surface area (Å²) in [5.74, 6) is -0.284. The molecular formula is C13H13ClN4OS2. The van der Waals surface area contributed by atoms with Gasteiger partial charge in [-0.05, 0) is 36.2 Å². The number of aromatic nitrogens is 2. The van der Waals surface area contributed by atoms with Gasteiger partial charge in [0.2, 0.25) is 0 Å². The molecule has 0 aliphatic carbocycles. The van der Waals surface area contributed by atoms with E-state index in [-0.39, 0.29) is 10.9 Å². The minimum atomic E-state index is -0.284. The summed E-state index contributed by atoms with van der Waals surface area (Å²) < 4.78 is 3.83. The van der Waals surface area contributed by atoms with Gasteiger partial charge in [-0.25, -0.2) is 0 Å². The maximum absolute atomic E-state index is 12.3. The molecule has 110 valence electrons. The number of carbonyl (C=O) groups is 1. The van der Waals surface area contributed by atoms with Crippen LogP contribution < -0.4 is 11.1 Å². The van der Waals surface area contributed by atoms with Gasteiger partial charge in [0.05, 0.1) is 11.4 Å². The maximum Gasteiger partial charge on any atom is 0.269 e. The van der Waals surface area contributed by atoms with E-state index in [2.05, 4.69) is 14.9 Å². The van der Waals surface area contributed by atoms with Crippen molar-refractivity contribution in [3.63, 3.8) is 0 Å². The van der Waals surface area contributed by atoms with Crippen molar-refractivity contribution in [2.24, 2.45) is 5.73 Å². The van der Waals surface area contributed by atoms with Crippen molar-refractivity contribution in [3.8, 4) is 0 Å². The lowest BCUT2D eigenvalue weighted by Gasteiger charge is -2.10. The number of anilines is 1. The van der Waals surface area contributed by atoms with E-state index in [0.29, 0.717) is 33.3 Å². The molecule has 0 bridgehead atoms. The number of carbonyl (C=O) groups excluding carboxylic acids is 1. The summed E-state index contributed by atoms with van der Waals surface area (Å²) in [5, 5.41) is 7.24. The smallest absolute Gasteiger partial charge is 0.269 e. The number of amides is 1. The van der Waals surface area contributed by atoms with Gasteiger partial charge in [-0.1, -0.05) is 41.7 Å². The summed E-state index contributed by atoms with van der Waals surface area (Å²) in [6.45, 7) is 2.02. The molecule has 1 aromatic carbocycles. The molecule has 1 aromatic heterocycles. The molecule has 2 aromatic rings. The highest BCUT2D eigenvalue weighted by Gasteiger charge is 2.17. The van der Waals surface area contributed by atoms with Crippen molar-refractivity contribution in [2.45, 2.75) is 19.8 Å². The van der Waals surface area contributed by atoms with Gasteiger partial charge in [-0.15, -0.1) is 5.10 Å². The third-order valence-electron chi connectivity index (χ3n) is 2.74. The van der Waals surface area contributed by atoms with Crippen molar-refractivity contribution < 1.29 is 4.79 Å². The van der Waals surface area contributed by atoms with Gasteiger partial charge >= 0.3 is 0 Å². The highest BCUT2D eigenvalue weighted by Crippen LogP contribution is 2.23. The molecule has 0 saturated carbocycles. The van der Waals surface area contributed by atoms with Crippen molar-refractivity contribution in [3.05, 3.63) is 39.4 Å². The summed E-state index contributed by atoms with van der Waals surface area (Å²) >= 11 is 12.0. The highest BCUT2D eigenvalue weighted by molar-refractivity contribution is 7.80. The number of hydrogen-bond donors (Lipinski definition) is 2. The second-order valence-electron chi connectivity index (χ2n) is 4.31. The van der Waals surface area contributed by atoms with Crippen LogP contribution in [0.5, 0.6) is 0 Å². The van der Waals surface area contributed by atoms with Crippen LogP contribution in [0, 0.1) is 0 Å². The number of rotatable bonds is 5. The molecule has 0 atom stereocenters. The molecule has 0 fully saturated rings. The van der Waals surface area contributed by atoms with Crippen LogP contribution in [0.25, 0.3) is 0 Å². The minimum Gasteiger partial charge on any atom is -0.389 e. The molecule has 0 aliphatic heterocycles. The minimum absolute atomic E-state index is 0.193. The SMILES string of the molecule is CCCc1nnsc1C(=O)Nc1cc(Cl)ccc1C(N)=S. The Bertz CT molecular complexity index is 687. The van der Waals surface area contributed by atoms with E-state index in [4.69, 9.17) is 29.6 Å². The summed E-state index contributed by atoms with van der Waals surface area (Å²) in [5.41, 5.74) is 7.39. The fraction of sp³-hybridized carbons (Fsp3) is 0.231. The molecule has 8 heteroatoms. The van der Waals surface area contributed by atoms with E-state index >= 15 is 0 Å². The van der Waals surface area contributed by atoms with Crippen molar-refractivity contribution in [1.29, 1.82) is 0 Å².